The number of aliphatic hydroxyl groups excluding tert-OH is 1. The predicted octanol–water partition coefficient (Wildman–Crippen LogP) is 3.39. The summed E-state index contributed by atoms with van der Waals surface area (Å²) in [5.41, 5.74) is 0.438. The largest absolute Gasteiger partial charge is 0.478 e. The van der Waals surface area contributed by atoms with Crippen LogP contribution >= 0.6 is 39.1 Å². The van der Waals surface area contributed by atoms with Crippen molar-refractivity contribution in [3.05, 3.63) is 65.1 Å². The molecule has 208 valence electrons. The topological polar surface area (TPSA) is 145 Å². The maximum absolute atomic E-state index is 14.0. The van der Waals surface area contributed by atoms with Crippen molar-refractivity contribution in [3.63, 3.8) is 0 Å². The minimum Gasteiger partial charge on any atom is -0.478 e. The number of amides is 4. The van der Waals surface area contributed by atoms with Crippen LogP contribution in [0.4, 0.5) is 5.69 Å². The molecule has 6 rings (SSSR count). The highest BCUT2D eigenvalue weighted by atomic mass is 79.9. The zero-order valence-corrected chi connectivity index (χ0v) is 23.6. The number of benzene rings is 1. The van der Waals surface area contributed by atoms with Crippen LogP contribution in [0, 0.1) is 17.8 Å². The van der Waals surface area contributed by atoms with Crippen molar-refractivity contribution < 1.29 is 38.6 Å². The molecule has 4 aliphatic rings. The number of allylic oxidation sites excluding steroid dienone is 2. The van der Waals surface area contributed by atoms with E-state index >= 15 is 0 Å². The first-order valence-electron chi connectivity index (χ1n) is 12.4. The molecule has 0 bridgehead atoms. The quantitative estimate of drug-likeness (QED) is 0.217. The number of rotatable bonds is 5. The number of likely N-dealkylation sites (tertiary alicyclic amines) is 1. The predicted molar refractivity (Wildman–Crippen MR) is 144 cm³/mol. The minimum atomic E-state index is -2.00. The Kier molecular flexibility index (Phi) is 6.30. The fourth-order valence-corrected chi connectivity index (χ4v) is 8.14. The number of furan rings is 1. The molecule has 3 fully saturated rings. The van der Waals surface area contributed by atoms with Crippen molar-refractivity contribution in [2.45, 2.75) is 35.1 Å². The SMILES string of the molecule is O=C(O)c1cccc(N2C(=O)[C@H]3[C@H](CC=C4[C@H]3C[C@@]3(Cl)C(=O)N(CBr)C(=O)[C@@]3(Cl)[C@H]4c3ccc(CO)o3)C2=O)c1. The lowest BCUT2D eigenvalue weighted by Gasteiger charge is -2.49. The number of carbonyl (C=O) groups excluding carboxylic acids is 4. The second kappa shape index (κ2) is 9.27. The molecular formula is C27H21BrCl2N2O8. The van der Waals surface area contributed by atoms with Crippen molar-refractivity contribution in [2.24, 2.45) is 17.8 Å². The van der Waals surface area contributed by atoms with Crippen LogP contribution in [0.25, 0.3) is 0 Å². The third-order valence-electron chi connectivity index (χ3n) is 8.49. The number of anilines is 1. The van der Waals surface area contributed by atoms with E-state index in [2.05, 4.69) is 15.9 Å². The number of imide groups is 2. The van der Waals surface area contributed by atoms with Gasteiger partial charge in [0.15, 0.2) is 9.75 Å². The molecule has 40 heavy (non-hydrogen) atoms. The van der Waals surface area contributed by atoms with Crippen LogP contribution in [0.15, 0.2) is 52.5 Å². The number of hydrogen-bond donors (Lipinski definition) is 2. The van der Waals surface area contributed by atoms with E-state index in [4.69, 9.17) is 27.6 Å². The summed E-state index contributed by atoms with van der Waals surface area (Å²) in [5, 5.41) is 19.0. The number of hydrogen-bond acceptors (Lipinski definition) is 7. The van der Waals surface area contributed by atoms with E-state index in [9.17, 15) is 34.2 Å². The van der Waals surface area contributed by atoms with E-state index in [0.717, 1.165) is 9.80 Å². The van der Waals surface area contributed by atoms with E-state index < -0.39 is 69.6 Å². The number of alkyl halides is 3. The highest BCUT2D eigenvalue weighted by Gasteiger charge is 2.76. The van der Waals surface area contributed by atoms with Crippen LogP contribution in [0.5, 0.6) is 0 Å². The number of nitrogens with zero attached hydrogens (tertiary/aromatic N) is 2. The first kappa shape index (κ1) is 27.2. The highest BCUT2D eigenvalue weighted by molar-refractivity contribution is 9.09. The molecule has 4 amide bonds. The maximum Gasteiger partial charge on any atom is 0.335 e. The molecule has 13 heteroatoms. The summed E-state index contributed by atoms with van der Waals surface area (Å²) >= 11 is 17.4. The van der Waals surface area contributed by atoms with E-state index in [1.165, 1.54) is 30.3 Å². The number of carbonyl (C=O) groups is 5. The highest BCUT2D eigenvalue weighted by Crippen LogP contribution is 2.65. The monoisotopic (exact) mass is 650 g/mol. The van der Waals surface area contributed by atoms with Gasteiger partial charge < -0.3 is 14.6 Å². The van der Waals surface area contributed by atoms with Gasteiger partial charge >= 0.3 is 5.97 Å². The van der Waals surface area contributed by atoms with Crippen LogP contribution in [-0.2, 0) is 25.8 Å². The van der Waals surface area contributed by atoms with Crippen molar-refractivity contribution in [3.8, 4) is 0 Å². The lowest BCUT2D eigenvalue weighted by Crippen LogP contribution is -2.60. The standard InChI is InChI=1S/C27H21BrCl2N2O8/c28-11-31-24(38)26(29)9-17-15(20(27(26,30)25(31)39)18-7-4-14(10-33)40-18)5-6-16-19(17)22(35)32(21(16)34)13-3-1-2-12(8-13)23(36)37/h1-5,7-8,16-17,19-20,33H,6,9-11H2,(H,36,37)/t16-,17+,19-,20+,26+,27-/m0/s1. The molecule has 10 nitrogen and oxygen atoms in total. The van der Waals surface area contributed by atoms with Gasteiger partial charge in [0.2, 0.25) is 11.8 Å². The van der Waals surface area contributed by atoms with Gasteiger partial charge in [-0.15, -0.1) is 23.2 Å². The van der Waals surface area contributed by atoms with Gasteiger partial charge in [-0.1, -0.05) is 33.6 Å². The Morgan fingerprint density at radius 2 is 1.82 bits per heavy atom. The normalized spacial score (nSPS) is 33.1. The smallest absolute Gasteiger partial charge is 0.335 e. The van der Waals surface area contributed by atoms with E-state index in [1.807, 2.05) is 0 Å². The molecule has 2 N–H and O–H groups in total. The van der Waals surface area contributed by atoms with Crippen LogP contribution in [-0.4, -0.2) is 59.9 Å². The van der Waals surface area contributed by atoms with Gasteiger partial charge in [0, 0.05) is 0 Å². The fraction of sp³-hybridized carbons (Fsp3) is 0.370. The van der Waals surface area contributed by atoms with Crippen LogP contribution < -0.4 is 4.90 Å². The van der Waals surface area contributed by atoms with Crippen molar-refractivity contribution in [2.75, 3.05) is 10.4 Å². The van der Waals surface area contributed by atoms with Gasteiger partial charge in [0.25, 0.3) is 11.8 Å². The number of carboxylic acid groups (broad SMARTS) is 1. The molecule has 1 saturated carbocycles. The van der Waals surface area contributed by atoms with E-state index in [1.54, 1.807) is 12.1 Å². The molecule has 0 spiro atoms. The number of halogens is 3. The molecule has 1 aromatic carbocycles. The van der Waals surface area contributed by atoms with Crippen molar-refractivity contribution in [1.82, 2.24) is 4.90 Å². The van der Waals surface area contributed by atoms with Gasteiger partial charge in [0.1, 0.15) is 18.1 Å². The lowest BCUT2D eigenvalue weighted by atomic mass is 9.57. The third kappa shape index (κ3) is 3.41. The number of aromatic carboxylic acids is 1. The molecule has 0 radical (unpaired) electrons. The van der Waals surface area contributed by atoms with Gasteiger partial charge in [-0.3, -0.25) is 29.0 Å². The average Bonchev–Trinajstić information content (AvgIpc) is 3.55. The number of fused-ring (bicyclic) bond motifs is 4. The van der Waals surface area contributed by atoms with E-state index in [0.29, 0.717) is 5.57 Å². The van der Waals surface area contributed by atoms with Gasteiger partial charge in [-0.05, 0) is 49.1 Å². The molecule has 2 aliphatic carbocycles. The maximum atomic E-state index is 14.0. The Balaban J connectivity index is 1.49. The molecule has 1 aromatic heterocycles. The first-order valence-corrected chi connectivity index (χ1v) is 14.3. The zero-order chi connectivity index (χ0) is 28.7. The molecule has 3 heterocycles. The summed E-state index contributed by atoms with van der Waals surface area (Å²) in [4.78, 5) is 64.3. The summed E-state index contributed by atoms with van der Waals surface area (Å²) < 4.78 is 5.83. The van der Waals surface area contributed by atoms with Gasteiger partial charge in [0.05, 0.1) is 34.5 Å². The Labute approximate surface area is 245 Å². The molecule has 6 atom stereocenters. The molecule has 2 saturated heterocycles. The minimum absolute atomic E-state index is 0.0846. The number of aliphatic hydroxyl groups is 1. The van der Waals surface area contributed by atoms with Crippen molar-refractivity contribution >= 4 is 74.4 Å². The van der Waals surface area contributed by atoms with Crippen LogP contribution in [0.1, 0.15) is 40.6 Å². The number of carboxylic acids is 1. The second-order valence-corrected chi connectivity index (χ2v) is 12.1. The van der Waals surface area contributed by atoms with E-state index in [-0.39, 0.29) is 41.1 Å². The molecule has 2 aliphatic heterocycles. The van der Waals surface area contributed by atoms with Crippen LogP contribution in [0.3, 0.4) is 0 Å². The summed E-state index contributed by atoms with van der Waals surface area (Å²) in [7, 11) is 0. The fourth-order valence-electron chi connectivity index (χ4n) is 6.73. The Morgan fingerprint density at radius 1 is 1.07 bits per heavy atom. The molecule has 0 unspecified atom stereocenters. The molecule has 2 aromatic rings. The first-order chi connectivity index (χ1) is 19.0. The van der Waals surface area contributed by atoms with Gasteiger partial charge in [-0.25, -0.2) is 4.79 Å². The third-order valence-corrected chi connectivity index (χ3v) is 10.4. The Bertz CT molecular complexity index is 1540. The van der Waals surface area contributed by atoms with Crippen LogP contribution in [0.2, 0.25) is 0 Å². The zero-order valence-electron chi connectivity index (χ0n) is 20.6. The summed E-state index contributed by atoms with van der Waals surface area (Å²) in [6.45, 7) is -0.418. The second-order valence-electron chi connectivity index (χ2n) is 10.3. The average molecular weight is 652 g/mol. The summed E-state index contributed by atoms with van der Waals surface area (Å²) in [5.74, 6) is -6.86. The van der Waals surface area contributed by atoms with Gasteiger partial charge in [-0.2, -0.15) is 0 Å². The van der Waals surface area contributed by atoms with Crippen molar-refractivity contribution in [1.29, 1.82) is 0 Å². The molecular weight excluding hydrogens is 631 g/mol. The summed E-state index contributed by atoms with van der Waals surface area (Å²) in [6, 6.07) is 8.61. The Morgan fingerprint density at radius 3 is 2.48 bits per heavy atom. The summed E-state index contributed by atoms with van der Waals surface area (Å²) in [6.07, 6.45) is 1.72. The lowest BCUT2D eigenvalue weighted by molar-refractivity contribution is -0.138. The Hall–Kier alpha value is -2.99.